The second kappa shape index (κ2) is 10.3. The van der Waals surface area contributed by atoms with Crippen molar-refractivity contribution in [1.82, 2.24) is 10.2 Å². The van der Waals surface area contributed by atoms with Crippen LogP contribution in [0.15, 0.2) is 78.4 Å². The molecule has 0 aliphatic carbocycles. The summed E-state index contributed by atoms with van der Waals surface area (Å²) in [5, 5.41) is 2.89. The molecule has 174 valence electrons. The molecule has 2 aliphatic rings. The van der Waals surface area contributed by atoms with Crippen LogP contribution in [-0.4, -0.2) is 37.0 Å². The average Bonchev–Trinajstić information content (AvgIpc) is 3.05. The average molecular weight is 453 g/mol. The first kappa shape index (κ1) is 22.4. The molecule has 4 heteroatoms. The van der Waals surface area contributed by atoms with E-state index in [2.05, 4.69) is 70.9 Å². The number of likely N-dealkylation sites (tertiary alicyclic amines) is 1. The van der Waals surface area contributed by atoms with Crippen molar-refractivity contribution >= 4 is 11.5 Å². The zero-order chi connectivity index (χ0) is 23.3. The molecule has 1 N–H and O–H groups in total. The van der Waals surface area contributed by atoms with Crippen LogP contribution < -0.4 is 10.1 Å². The number of nitrogens with zero attached hydrogens (tertiary/aromatic N) is 1. The molecule has 1 fully saturated rings. The van der Waals surface area contributed by atoms with Gasteiger partial charge in [-0.25, -0.2) is 0 Å². The molecule has 0 aromatic heterocycles. The van der Waals surface area contributed by atoms with Crippen molar-refractivity contribution < 1.29 is 9.53 Å². The van der Waals surface area contributed by atoms with Crippen LogP contribution in [0.5, 0.6) is 5.75 Å². The summed E-state index contributed by atoms with van der Waals surface area (Å²) in [4.78, 5) is 15.0. The molecular weight excluding hydrogens is 420 g/mol. The van der Waals surface area contributed by atoms with Gasteiger partial charge in [0.05, 0.1) is 0 Å². The van der Waals surface area contributed by atoms with E-state index in [0.29, 0.717) is 18.7 Å². The number of hydrogen-bond donors (Lipinski definition) is 1. The highest BCUT2D eigenvalue weighted by Crippen LogP contribution is 2.41. The molecule has 4 nitrogen and oxygen atoms in total. The third-order valence-electron chi connectivity index (χ3n) is 6.89. The van der Waals surface area contributed by atoms with Crippen molar-refractivity contribution in [1.29, 1.82) is 0 Å². The summed E-state index contributed by atoms with van der Waals surface area (Å²) in [5.41, 5.74) is 8.40. The molecular formula is C30H32N2O2. The summed E-state index contributed by atoms with van der Waals surface area (Å²) in [6, 6.07) is 25.2. The van der Waals surface area contributed by atoms with Crippen LogP contribution >= 0.6 is 0 Å². The Morgan fingerprint density at radius 3 is 2.50 bits per heavy atom. The van der Waals surface area contributed by atoms with Crippen molar-refractivity contribution in [2.75, 3.05) is 26.2 Å². The number of hydrogen-bond acceptors (Lipinski definition) is 3. The van der Waals surface area contributed by atoms with E-state index in [1.165, 1.54) is 27.8 Å². The van der Waals surface area contributed by atoms with Gasteiger partial charge in [0.2, 0.25) is 0 Å². The predicted octanol–water partition coefficient (Wildman–Crippen LogP) is 5.47. The summed E-state index contributed by atoms with van der Waals surface area (Å²) in [5.74, 6) is 0.741. The van der Waals surface area contributed by atoms with Crippen LogP contribution in [0.4, 0.5) is 0 Å². The Labute approximate surface area is 202 Å². The van der Waals surface area contributed by atoms with Gasteiger partial charge in [0.25, 0.3) is 5.91 Å². The summed E-state index contributed by atoms with van der Waals surface area (Å²) >= 11 is 0. The number of carbonyl (C=O) groups excluding carboxylic acids is 1. The Balaban J connectivity index is 1.43. The molecule has 1 amide bonds. The minimum absolute atomic E-state index is 0.0587. The van der Waals surface area contributed by atoms with Crippen molar-refractivity contribution in [3.05, 3.63) is 106 Å². The number of amides is 1. The van der Waals surface area contributed by atoms with E-state index in [1.54, 1.807) is 0 Å². The number of piperidine rings is 1. The lowest BCUT2D eigenvalue weighted by molar-refractivity contribution is 0.0955. The standard InChI is InChI=1S/C30H32N2O2/c1-2-31-30(33)24-12-13-27-28(20-24)34-21-25-10-6-7-11-26(25)29(27)23-15-18-32(19-16-23)17-14-22-8-4-3-5-9-22/h3-13,20H,2,14-19,21H2,1H3,(H,31,33). The van der Waals surface area contributed by atoms with E-state index in [1.807, 2.05) is 19.1 Å². The molecule has 0 atom stereocenters. The maximum Gasteiger partial charge on any atom is 0.251 e. The van der Waals surface area contributed by atoms with Gasteiger partial charge >= 0.3 is 0 Å². The van der Waals surface area contributed by atoms with Gasteiger partial charge in [0, 0.05) is 37.3 Å². The van der Waals surface area contributed by atoms with Gasteiger partial charge in [-0.1, -0.05) is 60.2 Å². The first-order chi connectivity index (χ1) is 16.7. The van der Waals surface area contributed by atoms with Crippen LogP contribution in [0.2, 0.25) is 0 Å². The van der Waals surface area contributed by atoms with E-state index in [0.717, 1.165) is 50.2 Å². The fourth-order valence-corrected chi connectivity index (χ4v) is 5.05. The molecule has 2 aliphatic heterocycles. The third kappa shape index (κ3) is 4.78. The van der Waals surface area contributed by atoms with Gasteiger partial charge in [-0.2, -0.15) is 0 Å². The fourth-order valence-electron chi connectivity index (χ4n) is 5.05. The highest BCUT2D eigenvalue weighted by atomic mass is 16.5. The molecule has 34 heavy (non-hydrogen) atoms. The molecule has 0 saturated carbocycles. The molecule has 1 saturated heterocycles. The highest BCUT2D eigenvalue weighted by Gasteiger charge is 2.25. The summed E-state index contributed by atoms with van der Waals surface area (Å²) < 4.78 is 6.25. The van der Waals surface area contributed by atoms with E-state index in [-0.39, 0.29) is 5.91 Å². The second-order valence-electron chi connectivity index (χ2n) is 9.07. The molecule has 0 bridgehead atoms. The Kier molecular flexibility index (Phi) is 6.77. The first-order valence-electron chi connectivity index (χ1n) is 12.3. The van der Waals surface area contributed by atoms with Crippen LogP contribution in [-0.2, 0) is 13.0 Å². The number of nitrogens with one attached hydrogen (secondary N) is 1. The molecule has 2 heterocycles. The lowest BCUT2D eigenvalue weighted by atomic mass is 9.86. The molecule has 0 radical (unpaired) electrons. The lowest BCUT2D eigenvalue weighted by Gasteiger charge is -2.30. The monoisotopic (exact) mass is 452 g/mol. The number of rotatable bonds is 5. The van der Waals surface area contributed by atoms with Gasteiger partial charge in [-0.15, -0.1) is 0 Å². The second-order valence-corrected chi connectivity index (χ2v) is 9.07. The maximum absolute atomic E-state index is 12.4. The van der Waals surface area contributed by atoms with Crippen molar-refractivity contribution in [3.63, 3.8) is 0 Å². The third-order valence-corrected chi connectivity index (χ3v) is 6.89. The van der Waals surface area contributed by atoms with E-state index >= 15 is 0 Å². The smallest absolute Gasteiger partial charge is 0.251 e. The van der Waals surface area contributed by atoms with Crippen LogP contribution in [0.3, 0.4) is 0 Å². The van der Waals surface area contributed by atoms with E-state index < -0.39 is 0 Å². The van der Waals surface area contributed by atoms with Gasteiger partial charge in [-0.05, 0) is 66.6 Å². The number of benzene rings is 3. The van der Waals surface area contributed by atoms with Gasteiger partial charge < -0.3 is 15.0 Å². The van der Waals surface area contributed by atoms with Crippen molar-refractivity contribution in [2.24, 2.45) is 0 Å². The molecule has 3 aromatic carbocycles. The highest BCUT2D eigenvalue weighted by molar-refractivity contribution is 5.96. The minimum atomic E-state index is -0.0587. The Hall–Kier alpha value is -3.37. The van der Waals surface area contributed by atoms with Gasteiger partial charge in [0.1, 0.15) is 12.4 Å². The maximum atomic E-state index is 12.4. The molecule has 0 spiro atoms. The number of carbonyl (C=O) groups is 1. The summed E-state index contributed by atoms with van der Waals surface area (Å²) in [6.07, 6.45) is 3.20. The molecule has 0 unspecified atom stereocenters. The zero-order valence-electron chi connectivity index (χ0n) is 19.8. The Bertz CT molecular complexity index is 1190. The number of fused-ring (bicyclic) bond motifs is 2. The largest absolute Gasteiger partial charge is 0.488 e. The van der Waals surface area contributed by atoms with Gasteiger partial charge in [0.15, 0.2) is 0 Å². The molecule has 3 aromatic rings. The van der Waals surface area contributed by atoms with Crippen LogP contribution in [0.25, 0.3) is 5.57 Å². The van der Waals surface area contributed by atoms with Crippen molar-refractivity contribution in [3.8, 4) is 5.75 Å². The topological polar surface area (TPSA) is 41.6 Å². The quantitative estimate of drug-likeness (QED) is 0.558. The zero-order valence-corrected chi connectivity index (χ0v) is 19.8. The number of ether oxygens (including phenoxy) is 1. The van der Waals surface area contributed by atoms with Crippen LogP contribution in [0.1, 0.15) is 52.4 Å². The van der Waals surface area contributed by atoms with E-state index in [9.17, 15) is 4.79 Å². The van der Waals surface area contributed by atoms with Gasteiger partial charge in [-0.3, -0.25) is 4.79 Å². The Morgan fingerprint density at radius 1 is 0.941 bits per heavy atom. The predicted molar refractivity (Wildman–Crippen MR) is 137 cm³/mol. The summed E-state index contributed by atoms with van der Waals surface area (Å²) in [6.45, 7) is 6.30. The Morgan fingerprint density at radius 2 is 1.71 bits per heavy atom. The molecule has 5 rings (SSSR count). The lowest BCUT2D eigenvalue weighted by Crippen LogP contribution is -2.32. The van der Waals surface area contributed by atoms with E-state index in [4.69, 9.17) is 4.74 Å². The van der Waals surface area contributed by atoms with Crippen LogP contribution in [0, 0.1) is 0 Å². The first-order valence-corrected chi connectivity index (χ1v) is 12.3. The fraction of sp³-hybridized carbons (Fsp3) is 0.300. The normalized spacial score (nSPS) is 15.7. The summed E-state index contributed by atoms with van der Waals surface area (Å²) in [7, 11) is 0. The SMILES string of the molecule is CCNC(=O)c1ccc2c(c1)OCc1ccccc1C2=C1CCN(CCc2ccccc2)CC1. The van der Waals surface area contributed by atoms with Crippen molar-refractivity contribution in [2.45, 2.75) is 32.8 Å². The minimum Gasteiger partial charge on any atom is -0.488 e.